The summed E-state index contributed by atoms with van der Waals surface area (Å²) in [7, 11) is 0. The Morgan fingerprint density at radius 2 is 1.79 bits per heavy atom. The summed E-state index contributed by atoms with van der Waals surface area (Å²) in [6, 6.07) is 0. The predicted molar refractivity (Wildman–Crippen MR) is 111 cm³/mol. The highest BCUT2D eigenvalue weighted by Gasteiger charge is 2.25. The molecule has 1 saturated heterocycles. The molecule has 7 heteroatoms. The van der Waals surface area contributed by atoms with Crippen molar-refractivity contribution in [2.24, 2.45) is 10.4 Å². The maximum Gasteiger partial charge on any atom is 0.191 e. The number of β-amino-alcohol motifs (C(OH)–C–C–N with tert-alkyl or cyclic N) is 1. The molecule has 1 unspecified atom stereocenters. The second kappa shape index (κ2) is 11.5. The zero-order valence-corrected chi connectivity index (χ0v) is 18.4. The summed E-state index contributed by atoms with van der Waals surface area (Å²) in [4.78, 5) is 6.79. The highest BCUT2D eigenvalue weighted by molar-refractivity contribution is 14.0. The molecule has 3 N–H and O–H groups in total. The number of nitrogens with zero attached hydrogens (tertiary/aromatic N) is 2. The summed E-state index contributed by atoms with van der Waals surface area (Å²) in [6.07, 6.45) is 1.07. The molecule has 24 heavy (non-hydrogen) atoms. The van der Waals surface area contributed by atoms with Crippen molar-refractivity contribution < 1.29 is 9.84 Å². The van der Waals surface area contributed by atoms with Gasteiger partial charge in [0.15, 0.2) is 5.96 Å². The molecule has 1 aliphatic heterocycles. The van der Waals surface area contributed by atoms with Crippen molar-refractivity contribution in [3.05, 3.63) is 0 Å². The van der Waals surface area contributed by atoms with E-state index < -0.39 is 5.60 Å². The molecule has 144 valence electrons. The van der Waals surface area contributed by atoms with E-state index >= 15 is 0 Å². The van der Waals surface area contributed by atoms with Crippen LogP contribution < -0.4 is 10.6 Å². The van der Waals surface area contributed by atoms with Gasteiger partial charge in [-0.05, 0) is 25.7 Å². The normalized spacial score (nSPS) is 19.3. The van der Waals surface area contributed by atoms with Gasteiger partial charge in [-0.1, -0.05) is 20.8 Å². The van der Waals surface area contributed by atoms with Crippen molar-refractivity contribution >= 4 is 29.9 Å². The van der Waals surface area contributed by atoms with Gasteiger partial charge in [0.1, 0.15) is 0 Å². The van der Waals surface area contributed by atoms with E-state index in [1.165, 1.54) is 0 Å². The molecule has 0 aromatic carbocycles. The fourth-order valence-electron chi connectivity index (χ4n) is 2.44. The number of ether oxygens (including phenoxy) is 1. The van der Waals surface area contributed by atoms with Crippen molar-refractivity contribution in [3.63, 3.8) is 0 Å². The van der Waals surface area contributed by atoms with Gasteiger partial charge in [-0.3, -0.25) is 9.89 Å². The second-order valence-electron chi connectivity index (χ2n) is 7.82. The lowest BCUT2D eigenvalue weighted by Gasteiger charge is -2.33. The smallest absolute Gasteiger partial charge is 0.191 e. The lowest BCUT2D eigenvalue weighted by Crippen LogP contribution is -2.48. The molecule has 1 heterocycles. The first-order valence-corrected chi connectivity index (χ1v) is 8.76. The third-order valence-corrected chi connectivity index (χ3v) is 3.76. The van der Waals surface area contributed by atoms with Crippen LogP contribution in [0.25, 0.3) is 0 Å². The Morgan fingerprint density at radius 1 is 1.17 bits per heavy atom. The molecule has 0 amide bonds. The Morgan fingerprint density at radius 3 is 2.33 bits per heavy atom. The minimum absolute atomic E-state index is 0. The summed E-state index contributed by atoms with van der Waals surface area (Å²) in [5.41, 5.74) is -0.532. The highest BCUT2D eigenvalue weighted by atomic mass is 127. The number of nitrogens with one attached hydrogen (secondary N) is 2. The van der Waals surface area contributed by atoms with E-state index in [4.69, 9.17) is 4.74 Å². The molecule has 0 aromatic rings. The van der Waals surface area contributed by atoms with Crippen molar-refractivity contribution in [1.82, 2.24) is 15.5 Å². The Hall–Kier alpha value is -0.120. The minimum atomic E-state index is -0.830. The number of aliphatic hydroxyl groups is 1. The van der Waals surface area contributed by atoms with Crippen LogP contribution in [-0.4, -0.2) is 74.0 Å². The fourth-order valence-corrected chi connectivity index (χ4v) is 2.44. The topological polar surface area (TPSA) is 69.1 Å². The Labute approximate surface area is 164 Å². The zero-order valence-electron chi connectivity index (χ0n) is 16.0. The van der Waals surface area contributed by atoms with Gasteiger partial charge in [0, 0.05) is 32.7 Å². The number of halogens is 1. The number of morpholine rings is 1. The molecule has 1 fully saturated rings. The van der Waals surface area contributed by atoms with Crippen molar-refractivity contribution in [2.75, 3.05) is 52.5 Å². The largest absolute Gasteiger partial charge is 0.387 e. The van der Waals surface area contributed by atoms with Gasteiger partial charge in [0.25, 0.3) is 0 Å². The van der Waals surface area contributed by atoms with Gasteiger partial charge >= 0.3 is 0 Å². The van der Waals surface area contributed by atoms with Crippen molar-refractivity contribution in [3.8, 4) is 0 Å². The molecule has 0 aromatic heterocycles. The van der Waals surface area contributed by atoms with Crippen LogP contribution in [0.5, 0.6) is 0 Å². The number of hydrogen-bond acceptors (Lipinski definition) is 4. The van der Waals surface area contributed by atoms with E-state index in [9.17, 15) is 5.11 Å². The Bertz CT molecular complexity index is 364. The first-order chi connectivity index (χ1) is 10.7. The summed E-state index contributed by atoms with van der Waals surface area (Å²) >= 11 is 0. The average Bonchev–Trinajstić information content (AvgIpc) is 2.44. The number of hydrogen-bond donors (Lipinski definition) is 3. The van der Waals surface area contributed by atoms with Crippen LogP contribution in [0, 0.1) is 5.41 Å². The number of guanidine groups is 1. The van der Waals surface area contributed by atoms with Gasteiger partial charge in [-0.2, -0.15) is 0 Å². The molecule has 1 rings (SSSR count). The summed E-state index contributed by atoms with van der Waals surface area (Å²) in [5.74, 6) is 0.777. The van der Waals surface area contributed by atoms with E-state index in [2.05, 4.69) is 41.3 Å². The van der Waals surface area contributed by atoms with Gasteiger partial charge < -0.3 is 20.5 Å². The Kier molecular flexibility index (Phi) is 11.4. The molecule has 6 nitrogen and oxygen atoms in total. The molecule has 1 atom stereocenters. The van der Waals surface area contributed by atoms with Crippen LogP contribution in [0.15, 0.2) is 4.99 Å². The maximum atomic E-state index is 10.6. The zero-order chi connectivity index (χ0) is 17.3. The molecule has 0 saturated carbocycles. The van der Waals surface area contributed by atoms with E-state index in [0.29, 0.717) is 18.5 Å². The second-order valence-corrected chi connectivity index (χ2v) is 7.82. The molecule has 0 bridgehead atoms. The summed E-state index contributed by atoms with van der Waals surface area (Å²) < 4.78 is 5.35. The first kappa shape index (κ1) is 23.9. The Balaban J connectivity index is 0.00000529. The van der Waals surface area contributed by atoms with Crippen LogP contribution in [0.4, 0.5) is 0 Å². The SMILES string of the molecule is CCNC(=NCC(C)(O)CN1CCOCC1)NCCC(C)(C)C.I. The highest BCUT2D eigenvalue weighted by Crippen LogP contribution is 2.16. The van der Waals surface area contributed by atoms with Crippen LogP contribution >= 0.6 is 24.0 Å². The summed E-state index contributed by atoms with van der Waals surface area (Å²) in [6.45, 7) is 16.5. The van der Waals surface area contributed by atoms with Gasteiger partial charge in [-0.25, -0.2) is 0 Å². The lowest BCUT2D eigenvalue weighted by atomic mass is 9.92. The minimum Gasteiger partial charge on any atom is -0.387 e. The average molecular weight is 456 g/mol. The monoisotopic (exact) mass is 456 g/mol. The van der Waals surface area contributed by atoms with Crippen LogP contribution in [0.2, 0.25) is 0 Å². The predicted octanol–water partition coefficient (Wildman–Crippen LogP) is 1.68. The van der Waals surface area contributed by atoms with Gasteiger partial charge in [0.05, 0.1) is 25.4 Å². The van der Waals surface area contributed by atoms with Crippen LogP contribution in [0.1, 0.15) is 41.0 Å². The molecular formula is C17H37IN4O2. The first-order valence-electron chi connectivity index (χ1n) is 8.76. The van der Waals surface area contributed by atoms with Crippen LogP contribution in [-0.2, 0) is 4.74 Å². The molecular weight excluding hydrogens is 419 g/mol. The van der Waals surface area contributed by atoms with Gasteiger partial charge in [-0.15, -0.1) is 24.0 Å². The third-order valence-electron chi connectivity index (χ3n) is 3.76. The third kappa shape index (κ3) is 11.4. The van der Waals surface area contributed by atoms with Gasteiger partial charge in [0.2, 0.25) is 0 Å². The van der Waals surface area contributed by atoms with E-state index in [1.54, 1.807) is 0 Å². The van der Waals surface area contributed by atoms with Crippen LogP contribution in [0.3, 0.4) is 0 Å². The molecule has 0 aliphatic carbocycles. The van der Waals surface area contributed by atoms with Crippen molar-refractivity contribution in [1.29, 1.82) is 0 Å². The van der Waals surface area contributed by atoms with E-state index in [1.807, 2.05) is 13.8 Å². The van der Waals surface area contributed by atoms with E-state index in [-0.39, 0.29) is 24.0 Å². The molecule has 0 spiro atoms. The quantitative estimate of drug-likeness (QED) is 0.309. The van der Waals surface area contributed by atoms with E-state index in [0.717, 1.165) is 51.8 Å². The molecule has 1 aliphatic rings. The fraction of sp³-hybridized carbons (Fsp3) is 0.941. The van der Waals surface area contributed by atoms with Crippen molar-refractivity contribution in [2.45, 2.75) is 46.6 Å². The maximum absolute atomic E-state index is 10.6. The standard InChI is InChI=1S/C17H36N4O2.HI/c1-6-18-15(19-8-7-16(2,3)4)20-13-17(5,22)14-21-9-11-23-12-10-21;/h22H,6-14H2,1-5H3,(H2,18,19,20);1H. The summed E-state index contributed by atoms with van der Waals surface area (Å²) in [5, 5.41) is 17.2. The number of aliphatic imine (C=N–C) groups is 1. The lowest BCUT2D eigenvalue weighted by molar-refractivity contribution is -0.0180. The number of rotatable bonds is 7. The molecule has 0 radical (unpaired) electrons.